The SMILES string of the molecule is COCCCCN(Cc1cccc(C(=N)N)c1)C(=O)O. The molecule has 0 aliphatic rings. The zero-order valence-electron chi connectivity index (χ0n) is 11.6. The summed E-state index contributed by atoms with van der Waals surface area (Å²) in [4.78, 5) is 12.6. The molecule has 0 spiro atoms. The Hall–Kier alpha value is -2.08. The molecule has 0 heterocycles. The minimum Gasteiger partial charge on any atom is -0.465 e. The predicted octanol–water partition coefficient (Wildman–Crippen LogP) is 1.88. The topological polar surface area (TPSA) is 99.6 Å². The summed E-state index contributed by atoms with van der Waals surface area (Å²) in [6.45, 7) is 1.39. The van der Waals surface area contributed by atoms with E-state index >= 15 is 0 Å². The van der Waals surface area contributed by atoms with Gasteiger partial charge in [-0.1, -0.05) is 18.2 Å². The fourth-order valence-corrected chi connectivity index (χ4v) is 1.85. The summed E-state index contributed by atoms with van der Waals surface area (Å²) in [5.41, 5.74) is 6.86. The number of ether oxygens (including phenoxy) is 1. The van der Waals surface area contributed by atoms with Crippen molar-refractivity contribution in [1.29, 1.82) is 5.41 Å². The molecule has 110 valence electrons. The zero-order chi connectivity index (χ0) is 15.0. The third kappa shape index (κ3) is 5.27. The van der Waals surface area contributed by atoms with E-state index in [1.165, 1.54) is 4.90 Å². The molecule has 0 aliphatic carbocycles. The van der Waals surface area contributed by atoms with Gasteiger partial charge in [-0.25, -0.2) is 4.79 Å². The first kappa shape index (κ1) is 16.0. The molecule has 1 aromatic rings. The Morgan fingerprint density at radius 1 is 1.45 bits per heavy atom. The molecular weight excluding hydrogens is 258 g/mol. The fraction of sp³-hybridized carbons (Fsp3) is 0.429. The number of nitrogens with zero attached hydrogens (tertiary/aromatic N) is 1. The number of amidine groups is 1. The van der Waals surface area contributed by atoms with Crippen LogP contribution in [0.15, 0.2) is 24.3 Å². The minimum absolute atomic E-state index is 0.0196. The van der Waals surface area contributed by atoms with Gasteiger partial charge in [0.05, 0.1) is 0 Å². The van der Waals surface area contributed by atoms with Crippen molar-refractivity contribution < 1.29 is 14.6 Å². The van der Waals surface area contributed by atoms with Crippen LogP contribution in [-0.2, 0) is 11.3 Å². The molecule has 6 nitrogen and oxygen atoms in total. The van der Waals surface area contributed by atoms with Gasteiger partial charge < -0.3 is 20.5 Å². The van der Waals surface area contributed by atoms with Crippen molar-refractivity contribution in [3.05, 3.63) is 35.4 Å². The molecule has 0 saturated carbocycles. The van der Waals surface area contributed by atoms with Crippen LogP contribution >= 0.6 is 0 Å². The quantitative estimate of drug-likeness (QED) is 0.384. The van der Waals surface area contributed by atoms with Crippen molar-refractivity contribution in [2.75, 3.05) is 20.3 Å². The summed E-state index contributed by atoms with van der Waals surface area (Å²) in [6.07, 6.45) is 0.635. The van der Waals surface area contributed by atoms with Crippen LogP contribution in [0.5, 0.6) is 0 Å². The molecule has 0 radical (unpaired) electrons. The molecule has 20 heavy (non-hydrogen) atoms. The fourth-order valence-electron chi connectivity index (χ4n) is 1.85. The highest BCUT2D eigenvalue weighted by Gasteiger charge is 2.12. The van der Waals surface area contributed by atoms with Crippen LogP contribution in [0.2, 0.25) is 0 Å². The van der Waals surface area contributed by atoms with Crippen molar-refractivity contribution in [2.45, 2.75) is 19.4 Å². The number of hydrogen-bond acceptors (Lipinski definition) is 3. The van der Waals surface area contributed by atoms with Crippen LogP contribution in [0.4, 0.5) is 4.79 Å². The molecule has 0 saturated heterocycles. The number of methoxy groups -OCH3 is 1. The Kier molecular flexibility index (Phi) is 6.52. The number of nitrogens with two attached hydrogens (primary N) is 1. The van der Waals surface area contributed by atoms with Gasteiger partial charge in [0.1, 0.15) is 5.84 Å². The average molecular weight is 279 g/mol. The van der Waals surface area contributed by atoms with Crippen LogP contribution in [0, 0.1) is 5.41 Å². The van der Waals surface area contributed by atoms with E-state index in [2.05, 4.69) is 0 Å². The Labute approximate surface area is 118 Å². The lowest BCUT2D eigenvalue weighted by Crippen LogP contribution is -2.30. The Balaban J connectivity index is 2.63. The third-order valence-corrected chi connectivity index (χ3v) is 2.91. The van der Waals surface area contributed by atoms with Gasteiger partial charge in [-0.15, -0.1) is 0 Å². The second-order valence-electron chi connectivity index (χ2n) is 4.52. The molecule has 4 N–H and O–H groups in total. The molecule has 0 aromatic heterocycles. The number of nitrogens with one attached hydrogen (secondary N) is 1. The highest BCUT2D eigenvalue weighted by atomic mass is 16.5. The summed E-state index contributed by atoms with van der Waals surface area (Å²) in [7, 11) is 1.63. The molecule has 6 heteroatoms. The molecule has 0 bridgehead atoms. The van der Waals surface area contributed by atoms with Crippen molar-refractivity contribution in [2.24, 2.45) is 5.73 Å². The highest BCUT2D eigenvalue weighted by molar-refractivity contribution is 5.95. The number of unbranched alkanes of at least 4 members (excludes halogenated alkanes) is 1. The van der Waals surface area contributed by atoms with E-state index < -0.39 is 6.09 Å². The van der Waals surface area contributed by atoms with Gasteiger partial charge in [0.15, 0.2) is 0 Å². The van der Waals surface area contributed by atoms with E-state index in [4.69, 9.17) is 15.9 Å². The van der Waals surface area contributed by atoms with E-state index in [-0.39, 0.29) is 5.84 Å². The minimum atomic E-state index is -0.948. The van der Waals surface area contributed by atoms with Gasteiger partial charge in [0.25, 0.3) is 0 Å². The van der Waals surface area contributed by atoms with E-state index in [1.54, 1.807) is 25.3 Å². The van der Waals surface area contributed by atoms with Crippen LogP contribution in [0.1, 0.15) is 24.0 Å². The number of carboxylic acid groups (broad SMARTS) is 1. The lowest BCUT2D eigenvalue weighted by atomic mass is 10.1. The second-order valence-corrected chi connectivity index (χ2v) is 4.52. The first-order valence-electron chi connectivity index (χ1n) is 6.44. The predicted molar refractivity (Wildman–Crippen MR) is 77.0 cm³/mol. The van der Waals surface area contributed by atoms with Crippen LogP contribution < -0.4 is 5.73 Å². The molecule has 0 unspecified atom stereocenters. The number of amides is 1. The third-order valence-electron chi connectivity index (χ3n) is 2.91. The summed E-state index contributed by atoms with van der Waals surface area (Å²) in [6, 6.07) is 7.08. The molecule has 1 amide bonds. The lowest BCUT2D eigenvalue weighted by molar-refractivity contribution is 0.137. The zero-order valence-corrected chi connectivity index (χ0v) is 11.6. The van der Waals surface area contributed by atoms with Crippen LogP contribution in [0.3, 0.4) is 0 Å². The number of hydrogen-bond donors (Lipinski definition) is 3. The number of benzene rings is 1. The molecule has 0 atom stereocenters. The summed E-state index contributed by atoms with van der Waals surface area (Å²) in [5, 5.41) is 16.6. The number of carbonyl (C=O) groups is 1. The first-order valence-corrected chi connectivity index (χ1v) is 6.44. The smallest absolute Gasteiger partial charge is 0.407 e. The van der Waals surface area contributed by atoms with E-state index in [0.29, 0.717) is 25.3 Å². The van der Waals surface area contributed by atoms with Crippen molar-refractivity contribution in [3.63, 3.8) is 0 Å². The monoisotopic (exact) mass is 279 g/mol. The van der Waals surface area contributed by atoms with Crippen LogP contribution in [0.25, 0.3) is 0 Å². The molecule has 0 aliphatic heterocycles. The van der Waals surface area contributed by atoms with Gasteiger partial charge in [-0.05, 0) is 24.5 Å². The van der Waals surface area contributed by atoms with Gasteiger partial charge in [-0.3, -0.25) is 5.41 Å². The maximum Gasteiger partial charge on any atom is 0.407 e. The number of rotatable bonds is 8. The lowest BCUT2D eigenvalue weighted by Gasteiger charge is -2.19. The highest BCUT2D eigenvalue weighted by Crippen LogP contribution is 2.09. The molecule has 1 rings (SSSR count). The molecule has 0 fully saturated rings. The number of nitrogen functional groups attached to an aromatic ring is 1. The Bertz CT molecular complexity index is 463. The summed E-state index contributed by atoms with van der Waals surface area (Å²) >= 11 is 0. The van der Waals surface area contributed by atoms with Crippen molar-refractivity contribution >= 4 is 11.9 Å². The molecular formula is C14H21N3O3. The van der Waals surface area contributed by atoms with Gasteiger partial charge >= 0.3 is 6.09 Å². The standard InChI is InChI=1S/C14H21N3O3/c1-20-8-3-2-7-17(14(18)19)10-11-5-4-6-12(9-11)13(15)16/h4-6,9H,2-3,7-8,10H2,1H3,(H3,15,16)(H,18,19). The van der Waals surface area contributed by atoms with Gasteiger partial charge in [-0.2, -0.15) is 0 Å². The Morgan fingerprint density at radius 2 is 2.20 bits per heavy atom. The second kappa shape index (κ2) is 8.16. The normalized spacial score (nSPS) is 10.2. The van der Waals surface area contributed by atoms with E-state index in [0.717, 1.165) is 18.4 Å². The molecule has 1 aromatic carbocycles. The average Bonchev–Trinajstić information content (AvgIpc) is 2.42. The van der Waals surface area contributed by atoms with E-state index in [1.807, 2.05) is 6.07 Å². The summed E-state index contributed by atoms with van der Waals surface area (Å²) < 4.78 is 4.94. The maximum absolute atomic E-state index is 11.2. The summed E-state index contributed by atoms with van der Waals surface area (Å²) in [5.74, 6) is -0.0196. The first-order chi connectivity index (χ1) is 9.54. The van der Waals surface area contributed by atoms with Gasteiger partial charge in [0, 0.05) is 32.4 Å². The largest absolute Gasteiger partial charge is 0.465 e. The van der Waals surface area contributed by atoms with Gasteiger partial charge in [0.2, 0.25) is 0 Å². The van der Waals surface area contributed by atoms with E-state index in [9.17, 15) is 9.90 Å². The van der Waals surface area contributed by atoms with Crippen molar-refractivity contribution in [3.8, 4) is 0 Å². The Morgan fingerprint density at radius 3 is 2.80 bits per heavy atom. The van der Waals surface area contributed by atoms with Crippen molar-refractivity contribution in [1.82, 2.24) is 4.90 Å². The maximum atomic E-state index is 11.2. The van der Waals surface area contributed by atoms with Crippen LogP contribution in [-0.4, -0.2) is 42.2 Å².